The number of hydrogen-bond donors (Lipinski definition) is 1. The number of pyridine rings is 1. The van der Waals surface area contributed by atoms with E-state index in [-0.39, 0.29) is 5.91 Å². The Bertz CT molecular complexity index is 1070. The predicted octanol–water partition coefficient (Wildman–Crippen LogP) is 4.56. The zero-order valence-electron chi connectivity index (χ0n) is 17.5. The molecular formula is C23H24Cl2FN5O. The van der Waals surface area contributed by atoms with Crippen LogP contribution in [0.2, 0.25) is 10.0 Å². The maximum atomic E-state index is 14.1. The average Bonchev–Trinajstić information content (AvgIpc) is 3.36. The van der Waals surface area contributed by atoms with Gasteiger partial charge >= 0.3 is 0 Å². The van der Waals surface area contributed by atoms with Crippen LogP contribution in [0.5, 0.6) is 0 Å². The minimum Gasteiger partial charge on any atom is -0.339 e. The Balaban J connectivity index is 1.32. The van der Waals surface area contributed by atoms with Crippen LogP contribution in [0.4, 0.5) is 4.39 Å². The lowest BCUT2D eigenvalue weighted by Gasteiger charge is -2.40. The third kappa shape index (κ3) is 5.11. The number of alkyl halides is 1. The molecule has 1 saturated heterocycles. The van der Waals surface area contributed by atoms with E-state index in [9.17, 15) is 9.18 Å². The van der Waals surface area contributed by atoms with Gasteiger partial charge in [0.2, 0.25) is 0 Å². The molecule has 0 saturated carbocycles. The molecule has 0 bridgehead atoms. The second-order valence-corrected chi connectivity index (χ2v) is 8.91. The summed E-state index contributed by atoms with van der Waals surface area (Å²) in [4.78, 5) is 19.1. The van der Waals surface area contributed by atoms with Gasteiger partial charge in [0.05, 0.1) is 22.4 Å². The Kier molecular flexibility index (Phi) is 7.08. The summed E-state index contributed by atoms with van der Waals surface area (Å²) in [5.74, 6) is 0.632. The fourth-order valence-electron chi connectivity index (χ4n) is 3.91. The molecule has 6 nitrogen and oxygen atoms in total. The maximum absolute atomic E-state index is 14.1. The first-order valence-electron chi connectivity index (χ1n) is 10.5. The first-order chi connectivity index (χ1) is 15.5. The number of carbonyl (C=O) groups is 1. The number of piperidine rings is 1. The summed E-state index contributed by atoms with van der Waals surface area (Å²) in [6.07, 6.45) is 4.72. The van der Waals surface area contributed by atoms with Gasteiger partial charge in [-0.2, -0.15) is 5.10 Å². The number of halogens is 3. The number of aromatic nitrogens is 3. The molecule has 1 N–H and O–H groups in total. The zero-order chi connectivity index (χ0) is 22.6. The van der Waals surface area contributed by atoms with Gasteiger partial charge in [-0.3, -0.25) is 9.18 Å². The van der Waals surface area contributed by atoms with E-state index >= 15 is 0 Å². The van der Waals surface area contributed by atoms with Crippen LogP contribution in [0.25, 0.3) is 5.82 Å². The lowest BCUT2D eigenvalue weighted by atomic mass is 9.79. The van der Waals surface area contributed by atoms with E-state index in [4.69, 9.17) is 23.2 Å². The number of nitrogens with one attached hydrogen (secondary N) is 1. The van der Waals surface area contributed by atoms with Gasteiger partial charge in [-0.05, 0) is 49.2 Å². The monoisotopic (exact) mass is 475 g/mol. The Morgan fingerprint density at radius 2 is 1.94 bits per heavy atom. The molecule has 2 aromatic heterocycles. The molecule has 0 aliphatic carbocycles. The van der Waals surface area contributed by atoms with Gasteiger partial charge in [-0.15, -0.1) is 0 Å². The van der Waals surface area contributed by atoms with Gasteiger partial charge in [0.25, 0.3) is 5.91 Å². The van der Waals surface area contributed by atoms with Gasteiger partial charge in [-0.1, -0.05) is 29.3 Å². The quantitative estimate of drug-likeness (QED) is 0.544. The van der Waals surface area contributed by atoms with Crippen molar-refractivity contribution in [1.29, 1.82) is 0 Å². The van der Waals surface area contributed by atoms with Crippen molar-refractivity contribution in [3.63, 3.8) is 0 Å². The molecule has 1 amide bonds. The van der Waals surface area contributed by atoms with Crippen molar-refractivity contribution >= 4 is 29.1 Å². The summed E-state index contributed by atoms with van der Waals surface area (Å²) in [6, 6.07) is 12.5. The van der Waals surface area contributed by atoms with E-state index in [1.807, 2.05) is 30.5 Å². The summed E-state index contributed by atoms with van der Waals surface area (Å²) >= 11 is 12.0. The summed E-state index contributed by atoms with van der Waals surface area (Å²) in [7, 11) is 0. The molecule has 1 aliphatic heterocycles. The molecule has 32 heavy (non-hydrogen) atoms. The number of likely N-dealkylation sites (tertiary alicyclic amines) is 1. The smallest absolute Gasteiger partial charge is 0.253 e. The maximum Gasteiger partial charge on any atom is 0.253 e. The minimum atomic E-state index is -0.492. The van der Waals surface area contributed by atoms with Crippen molar-refractivity contribution in [1.82, 2.24) is 25.0 Å². The fraction of sp³-hybridized carbons (Fsp3) is 0.348. The highest BCUT2D eigenvalue weighted by Gasteiger charge is 2.36. The van der Waals surface area contributed by atoms with Gasteiger partial charge in [0.15, 0.2) is 5.82 Å². The largest absolute Gasteiger partial charge is 0.339 e. The third-order valence-electron chi connectivity index (χ3n) is 5.90. The van der Waals surface area contributed by atoms with Crippen LogP contribution in [0, 0.1) is 5.41 Å². The molecule has 168 valence electrons. The molecule has 0 unspecified atom stereocenters. The van der Waals surface area contributed by atoms with E-state index in [0.717, 1.165) is 11.5 Å². The van der Waals surface area contributed by atoms with Crippen LogP contribution in [0.15, 0.2) is 54.9 Å². The van der Waals surface area contributed by atoms with Gasteiger partial charge in [-0.25, -0.2) is 9.67 Å². The normalized spacial score (nSPS) is 15.7. The number of rotatable bonds is 7. The third-order valence-corrected chi connectivity index (χ3v) is 6.64. The lowest BCUT2D eigenvalue weighted by Crippen LogP contribution is -2.48. The first-order valence-corrected chi connectivity index (χ1v) is 11.2. The number of carbonyl (C=O) groups excluding carboxylic acids is 1. The molecule has 0 radical (unpaired) electrons. The Labute approximate surface area is 196 Å². The molecule has 1 aliphatic rings. The summed E-state index contributed by atoms with van der Waals surface area (Å²) < 4.78 is 15.8. The standard InChI is InChI=1S/C23H24Cl2FN5O/c24-19-6-5-17(13-20(19)25)22(32)30-11-7-23(15-26,8-12-30)16-27-14-18-3-1-4-21(29-18)31-10-2-9-28-31/h1-6,9-10,13,27H,7-8,11-12,14-16H2. The summed E-state index contributed by atoms with van der Waals surface area (Å²) in [5, 5.41) is 8.31. The van der Waals surface area contributed by atoms with Crippen molar-refractivity contribution in [2.75, 3.05) is 26.3 Å². The van der Waals surface area contributed by atoms with E-state index < -0.39 is 12.1 Å². The van der Waals surface area contributed by atoms with E-state index in [2.05, 4.69) is 15.4 Å². The molecule has 1 aromatic carbocycles. The van der Waals surface area contributed by atoms with Crippen LogP contribution in [-0.4, -0.2) is 51.9 Å². The highest BCUT2D eigenvalue weighted by molar-refractivity contribution is 6.42. The molecular weight excluding hydrogens is 452 g/mol. The topological polar surface area (TPSA) is 63.1 Å². The molecule has 3 heterocycles. The zero-order valence-corrected chi connectivity index (χ0v) is 19.0. The van der Waals surface area contributed by atoms with Crippen molar-refractivity contribution in [3.05, 3.63) is 76.2 Å². The van der Waals surface area contributed by atoms with Crippen LogP contribution in [-0.2, 0) is 6.54 Å². The highest BCUT2D eigenvalue weighted by atomic mass is 35.5. The van der Waals surface area contributed by atoms with Crippen molar-refractivity contribution in [2.45, 2.75) is 19.4 Å². The number of amides is 1. The second kappa shape index (κ2) is 9.98. The minimum absolute atomic E-state index is 0.108. The molecule has 0 spiro atoms. The molecule has 3 aromatic rings. The Hall–Kier alpha value is -2.48. The van der Waals surface area contributed by atoms with Crippen LogP contribution in [0.1, 0.15) is 28.9 Å². The van der Waals surface area contributed by atoms with Crippen molar-refractivity contribution in [3.8, 4) is 5.82 Å². The van der Waals surface area contributed by atoms with Crippen LogP contribution < -0.4 is 5.32 Å². The van der Waals surface area contributed by atoms with Gasteiger partial charge in [0.1, 0.15) is 0 Å². The van der Waals surface area contributed by atoms with Crippen molar-refractivity contribution < 1.29 is 9.18 Å². The summed E-state index contributed by atoms with van der Waals surface area (Å²) in [6.45, 7) is 1.61. The summed E-state index contributed by atoms with van der Waals surface area (Å²) in [5.41, 5.74) is 0.862. The van der Waals surface area contributed by atoms with Crippen LogP contribution in [0.3, 0.4) is 0 Å². The fourth-order valence-corrected chi connectivity index (χ4v) is 4.20. The molecule has 0 atom stereocenters. The second-order valence-electron chi connectivity index (χ2n) is 8.10. The molecule has 4 rings (SSSR count). The Morgan fingerprint density at radius 1 is 1.12 bits per heavy atom. The van der Waals surface area contributed by atoms with E-state index in [0.29, 0.717) is 54.6 Å². The van der Waals surface area contributed by atoms with Crippen molar-refractivity contribution in [2.24, 2.45) is 5.41 Å². The molecule has 9 heteroatoms. The highest BCUT2D eigenvalue weighted by Crippen LogP contribution is 2.32. The number of hydrogen-bond acceptors (Lipinski definition) is 4. The SMILES string of the molecule is O=C(c1ccc(Cl)c(Cl)c1)N1CCC(CF)(CNCc2cccc(-n3cccn3)n2)CC1. The van der Waals surface area contributed by atoms with Gasteiger partial charge < -0.3 is 10.2 Å². The first kappa shape index (κ1) is 22.7. The number of benzene rings is 1. The van der Waals surface area contributed by atoms with E-state index in [1.54, 1.807) is 34.0 Å². The molecule has 1 fully saturated rings. The van der Waals surface area contributed by atoms with Gasteiger partial charge in [0, 0.05) is 49.6 Å². The lowest BCUT2D eigenvalue weighted by molar-refractivity contribution is 0.0506. The van der Waals surface area contributed by atoms with Crippen LogP contribution >= 0.6 is 23.2 Å². The predicted molar refractivity (Wildman–Crippen MR) is 123 cm³/mol. The number of nitrogens with zero attached hydrogens (tertiary/aromatic N) is 4. The average molecular weight is 476 g/mol. The Morgan fingerprint density at radius 3 is 2.62 bits per heavy atom. The van der Waals surface area contributed by atoms with E-state index in [1.165, 1.54) is 0 Å².